The van der Waals surface area contributed by atoms with Crippen LogP contribution < -0.4 is 0 Å². The first-order valence-corrected chi connectivity index (χ1v) is 9.49. The molecule has 2 aliphatic rings. The molecule has 0 saturated carbocycles. The lowest BCUT2D eigenvalue weighted by Gasteiger charge is -2.44. The third kappa shape index (κ3) is 2.21. The highest BCUT2D eigenvalue weighted by Crippen LogP contribution is 2.53. The van der Waals surface area contributed by atoms with Crippen LogP contribution in [0.3, 0.4) is 0 Å². The smallest absolute Gasteiger partial charge is 0.193 e. The van der Waals surface area contributed by atoms with E-state index in [9.17, 15) is 4.79 Å². The lowest BCUT2D eigenvalue weighted by atomic mass is 9.57. The van der Waals surface area contributed by atoms with Crippen molar-refractivity contribution < 1.29 is 4.79 Å². The quantitative estimate of drug-likeness (QED) is 0.566. The maximum absolute atomic E-state index is 13.3. The molecule has 0 saturated heterocycles. The number of ketones is 1. The van der Waals surface area contributed by atoms with E-state index in [1.54, 1.807) is 0 Å². The minimum absolute atomic E-state index is 0.152. The van der Waals surface area contributed by atoms with Gasteiger partial charge in [-0.25, -0.2) is 0 Å². The largest absolute Gasteiger partial charge is 0.289 e. The zero-order valence-corrected chi connectivity index (χ0v) is 15.1. The fourth-order valence-electron chi connectivity index (χ4n) is 4.78. The van der Waals surface area contributed by atoms with Crippen LogP contribution in [0.2, 0.25) is 0 Å². The van der Waals surface area contributed by atoms with Crippen molar-refractivity contribution in [1.82, 2.24) is 0 Å². The lowest BCUT2D eigenvalue weighted by molar-refractivity contribution is 0.103. The van der Waals surface area contributed by atoms with Crippen LogP contribution >= 0.6 is 0 Å². The highest BCUT2D eigenvalue weighted by molar-refractivity contribution is 6.14. The van der Waals surface area contributed by atoms with Crippen molar-refractivity contribution in [2.75, 3.05) is 0 Å². The molecule has 0 atom stereocenters. The van der Waals surface area contributed by atoms with Gasteiger partial charge in [0.1, 0.15) is 0 Å². The number of rotatable bonds is 2. The number of fused-ring (bicyclic) bond motifs is 1. The van der Waals surface area contributed by atoms with E-state index < -0.39 is 5.41 Å². The first kappa shape index (κ1) is 16.0. The second-order valence-electron chi connectivity index (χ2n) is 7.19. The van der Waals surface area contributed by atoms with E-state index in [1.807, 2.05) is 18.2 Å². The molecule has 2 aliphatic carbocycles. The van der Waals surface area contributed by atoms with Crippen molar-refractivity contribution in [1.29, 1.82) is 0 Å². The Morgan fingerprint density at radius 3 is 1.96 bits per heavy atom. The molecule has 0 spiro atoms. The Morgan fingerprint density at radius 2 is 1.30 bits per heavy atom. The first-order valence-electron chi connectivity index (χ1n) is 9.49. The summed E-state index contributed by atoms with van der Waals surface area (Å²) in [5.74, 6) is 0.152. The van der Waals surface area contributed by atoms with Gasteiger partial charge in [-0.3, -0.25) is 4.79 Å². The van der Waals surface area contributed by atoms with Crippen molar-refractivity contribution in [3.8, 4) is 0 Å². The summed E-state index contributed by atoms with van der Waals surface area (Å²) in [7, 11) is 0. The molecule has 27 heavy (non-hydrogen) atoms. The second kappa shape index (κ2) is 6.21. The van der Waals surface area contributed by atoms with Gasteiger partial charge in [0, 0.05) is 11.1 Å². The molecule has 3 aromatic rings. The minimum Gasteiger partial charge on any atom is -0.289 e. The Kier molecular flexibility index (Phi) is 3.68. The van der Waals surface area contributed by atoms with Crippen LogP contribution in [-0.2, 0) is 5.41 Å². The maximum atomic E-state index is 13.3. The van der Waals surface area contributed by atoms with Crippen molar-refractivity contribution in [3.63, 3.8) is 0 Å². The van der Waals surface area contributed by atoms with E-state index in [0.717, 1.165) is 29.5 Å². The number of carbonyl (C=O) groups excluding carboxylic acids is 1. The molecule has 0 unspecified atom stereocenters. The second-order valence-corrected chi connectivity index (χ2v) is 7.19. The molecule has 0 aromatic heterocycles. The normalized spacial score (nSPS) is 17.4. The minimum atomic E-state index is -0.423. The summed E-state index contributed by atoms with van der Waals surface area (Å²) in [6, 6.07) is 29.4. The topological polar surface area (TPSA) is 17.1 Å². The van der Waals surface area contributed by atoms with Gasteiger partial charge >= 0.3 is 0 Å². The average Bonchev–Trinajstić information content (AvgIpc) is 2.76. The third-order valence-electron chi connectivity index (χ3n) is 5.86. The van der Waals surface area contributed by atoms with Crippen LogP contribution in [0.25, 0.3) is 0 Å². The van der Waals surface area contributed by atoms with Gasteiger partial charge < -0.3 is 0 Å². The summed E-state index contributed by atoms with van der Waals surface area (Å²) < 4.78 is 0. The standard InChI is InChI=1S/C26H20O/c27-25-21-15-7-9-17-23(21)26(19-11-3-1-4-12-19,20-13-5-2-6-14-20)24-18-10-8-16-22(24)25/h1-9,11-17H,10,18H2. The van der Waals surface area contributed by atoms with Crippen LogP contribution in [0.5, 0.6) is 0 Å². The predicted molar refractivity (Wildman–Crippen MR) is 109 cm³/mol. The molecule has 1 heteroatoms. The molecule has 3 aromatic carbocycles. The van der Waals surface area contributed by atoms with Crippen molar-refractivity contribution in [2.45, 2.75) is 18.3 Å². The molecule has 0 amide bonds. The average molecular weight is 348 g/mol. The molecule has 0 heterocycles. The zero-order chi connectivity index (χ0) is 18.3. The number of allylic oxidation sites excluding steroid dienone is 4. The number of Topliss-reactive ketones (excluding diaryl/α,β-unsaturated/α-hetero) is 1. The summed E-state index contributed by atoms with van der Waals surface area (Å²) in [4.78, 5) is 13.3. The first-order chi connectivity index (χ1) is 13.3. The summed E-state index contributed by atoms with van der Waals surface area (Å²) in [6.07, 6.45) is 6.04. The van der Waals surface area contributed by atoms with Gasteiger partial charge in [0.25, 0.3) is 0 Å². The van der Waals surface area contributed by atoms with Gasteiger partial charge in [0.2, 0.25) is 0 Å². The number of benzene rings is 3. The van der Waals surface area contributed by atoms with Crippen molar-refractivity contribution in [3.05, 3.63) is 130 Å². The zero-order valence-electron chi connectivity index (χ0n) is 15.1. The Bertz CT molecular complexity index is 1030. The predicted octanol–water partition coefficient (Wildman–Crippen LogP) is 5.86. The molecule has 0 radical (unpaired) electrons. The van der Waals surface area contributed by atoms with E-state index in [0.29, 0.717) is 0 Å². The fraction of sp³-hybridized carbons (Fsp3) is 0.115. The van der Waals surface area contributed by atoms with E-state index >= 15 is 0 Å². The number of carbonyl (C=O) groups is 1. The van der Waals surface area contributed by atoms with E-state index in [-0.39, 0.29) is 5.78 Å². The van der Waals surface area contributed by atoms with Gasteiger partial charge in [-0.1, -0.05) is 97.1 Å². The Morgan fingerprint density at radius 1 is 0.704 bits per heavy atom. The highest BCUT2D eigenvalue weighted by atomic mass is 16.1. The highest BCUT2D eigenvalue weighted by Gasteiger charge is 2.47. The Balaban J connectivity index is 1.98. The van der Waals surface area contributed by atoms with Crippen LogP contribution in [-0.4, -0.2) is 5.78 Å². The Labute approximate surface area is 159 Å². The molecule has 130 valence electrons. The van der Waals surface area contributed by atoms with Gasteiger partial charge in [-0.05, 0) is 35.1 Å². The molecule has 5 rings (SSSR count). The molecule has 0 N–H and O–H groups in total. The Hall–Kier alpha value is -3.19. The third-order valence-corrected chi connectivity index (χ3v) is 5.86. The summed E-state index contributed by atoms with van der Waals surface area (Å²) in [6.45, 7) is 0. The van der Waals surface area contributed by atoms with Crippen LogP contribution in [0, 0.1) is 0 Å². The van der Waals surface area contributed by atoms with Crippen molar-refractivity contribution in [2.24, 2.45) is 0 Å². The number of hydrogen-bond acceptors (Lipinski definition) is 1. The van der Waals surface area contributed by atoms with Crippen LogP contribution in [0.15, 0.2) is 108 Å². The van der Waals surface area contributed by atoms with Gasteiger partial charge in [0.05, 0.1) is 5.41 Å². The number of hydrogen-bond donors (Lipinski definition) is 0. The molecular formula is C26H20O. The monoisotopic (exact) mass is 348 g/mol. The summed E-state index contributed by atoms with van der Waals surface area (Å²) in [5.41, 5.74) is 6.03. The molecule has 0 aliphatic heterocycles. The van der Waals surface area contributed by atoms with E-state index in [2.05, 4.69) is 78.9 Å². The maximum Gasteiger partial charge on any atom is 0.193 e. The van der Waals surface area contributed by atoms with Crippen LogP contribution in [0.4, 0.5) is 0 Å². The van der Waals surface area contributed by atoms with E-state index in [4.69, 9.17) is 0 Å². The molecule has 0 fully saturated rings. The summed E-state index contributed by atoms with van der Waals surface area (Å²) in [5, 5.41) is 0. The molecule has 0 bridgehead atoms. The lowest BCUT2D eigenvalue weighted by Crippen LogP contribution is -2.39. The van der Waals surface area contributed by atoms with E-state index in [1.165, 1.54) is 16.7 Å². The van der Waals surface area contributed by atoms with Gasteiger partial charge in [-0.2, -0.15) is 0 Å². The van der Waals surface area contributed by atoms with Crippen LogP contribution in [0.1, 0.15) is 39.9 Å². The SMILES string of the molecule is O=C1C2=C(CCC=C2)C(c2ccccc2)(c2ccccc2)c2ccccc21. The molecule has 1 nitrogen and oxygen atoms in total. The van der Waals surface area contributed by atoms with Gasteiger partial charge in [-0.15, -0.1) is 0 Å². The fourth-order valence-corrected chi connectivity index (χ4v) is 4.78. The molecular weight excluding hydrogens is 328 g/mol. The summed E-state index contributed by atoms with van der Waals surface area (Å²) >= 11 is 0. The van der Waals surface area contributed by atoms with Crippen molar-refractivity contribution >= 4 is 5.78 Å². The van der Waals surface area contributed by atoms with Gasteiger partial charge in [0.15, 0.2) is 5.78 Å².